The second-order valence-electron chi connectivity index (χ2n) is 4.36. The van der Waals surface area contributed by atoms with E-state index in [-0.39, 0.29) is 5.69 Å². The first kappa shape index (κ1) is 14.5. The predicted molar refractivity (Wildman–Crippen MR) is 81.8 cm³/mol. The Labute approximate surface area is 134 Å². The van der Waals surface area contributed by atoms with Crippen molar-refractivity contribution in [3.05, 3.63) is 62.9 Å². The molecule has 8 heteroatoms. The van der Waals surface area contributed by atoms with Gasteiger partial charge in [0.25, 0.3) is 5.69 Å². The van der Waals surface area contributed by atoms with E-state index >= 15 is 0 Å². The molecule has 0 radical (unpaired) electrons. The van der Waals surface area contributed by atoms with Crippen LogP contribution in [0.3, 0.4) is 0 Å². The second kappa shape index (κ2) is 5.75. The summed E-state index contributed by atoms with van der Waals surface area (Å²) in [7, 11) is 0. The SMILES string of the molecule is O=[N+]([O-])c1cccc(-c2cc(-c3c(Cl)cncc3Cl)on2)c1. The summed E-state index contributed by atoms with van der Waals surface area (Å²) in [4.78, 5) is 14.2. The van der Waals surface area contributed by atoms with Gasteiger partial charge >= 0.3 is 0 Å². The molecule has 0 atom stereocenters. The normalized spacial score (nSPS) is 10.6. The lowest BCUT2D eigenvalue weighted by Gasteiger charge is -2.00. The number of hydrogen-bond donors (Lipinski definition) is 0. The van der Waals surface area contributed by atoms with E-state index in [4.69, 9.17) is 27.7 Å². The van der Waals surface area contributed by atoms with Crippen LogP contribution in [0.5, 0.6) is 0 Å². The minimum atomic E-state index is -0.471. The summed E-state index contributed by atoms with van der Waals surface area (Å²) in [6.07, 6.45) is 2.89. The Morgan fingerprint density at radius 1 is 1.14 bits per heavy atom. The van der Waals surface area contributed by atoms with Crippen molar-refractivity contribution < 1.29 is 9.45 Å². The monoisotopic (exact) mass is 335 g/mol. The molecule has 2 aromatic heterocycles. The molecule has 0 aliphatic heterocycles. The van der Waals surface area contributed by atoms with Gasteiger partial charge in [0.15, 0.2) is 5.76 Å². The Morgan fingerprint density at radius 2 is 1.86 bits per heavy atom. The van der Waals surface area contributed by atoms with Gasteiger partial charge < -0.3 is 4.52 Å². The van der Waals surface area contributed by atoms with Crippen LogP contribution in [0.2, 0.25) is 10.0 Å². The van der Waals surface area contributed by atoms with Crippen LogP contribution < -0.4 is 0 Å². The maximum absolute atomic E-state index is 10.8. The summed E-state index contributed by atoms with van der Waals surface area (Å²) < 4.78 is 5.25. The zero-order valence-electron chi connectivity index (χ0n) is 10.9. The van der Waals surface area contributed by atoms with Crippen LogP contribution in [-0.2, 0) is 0 Å². The molecular formula is C14H7Cl2N3O3. The van der Waals surface area contributed by atoms with Crippen molar-refractivity contribution in [2.24, 2.45) is 0 Å². The first-order chi connectivity index (χ1) is 10.6. The van der Waals surface area contributed by atoms with E-state index in [0.29, 0.717) is 32.6 Å². The van der Waals surface area contributed by atoms with E-state index in [0.717, 1.165) is 0 Å². The Kier molecular flexibility index (Phi) is 3.79. The lowest BCUT2D eigenvalue weighted by molar-refractivity contribution is -0.384. The van der Waals surface area contributed by atoms with Crippen LogP contribution in [0.15, 0.2) is 47.2 Å². The predicted octanol–water partition coefficient (Wildman–Crippen LogP) is 4.62. The number of nitro groups is 1. The standard InChI is InChI=1S/C14H7Cl2N3O3/c15-10-6-17-7-11(16)14(10)13-5-12(18-22-13)8-2-1-3-9(4-8)19(20)21/h1-7H. The Bertz CT molecular complexity index is 844. The zero-order chi connectivity index (χ0) is 15.7. The van der Waals surface area contributed by atoms with Gasteiger partial charge in [0, 0.05) is 36.2 Å². The molecule has 0 aliphatic carbocycles. The van der Waals surface area contributed by atoms with Gasteiger partial charge in [-0.1, -0.05) is 40.5 Å². The molecule has 0 bridgehead atoms. The third-order valence-corrected chi connectivity index (χ3v) is 3.54. The van der Waals surface area contributed by atoms with E-state index in [1.807, 2.05) is 0 Å². The number of aromatic nitrogens is 2. The third-order valence-electron chi connectivity index (χ3n) is 2.96. The van der Waals surface area contributed by atoms with Gasteiger partial charge in [-0.25, -0.2) is 0 Å². The van der Waals surface area contributed by atoms with Gasteiger partial charge in [-0.2, -0.15) is 0 Å². The molecule has 0 amide bonds. The van der Waals surface area contributed by atoms with E-state index < -0.39 is 4.92 Å². The molecule has 0 spiro atoms. The Hall–Kier alpha value is -2.44. The van der Waals surface area contributed by atoms with E-state index in [2.05, 4.69) is 10.1 Å². The van der Waals surface area contributed by atoms with Gasteiger partial charge in [-0.3, -0.25) is 15.1 Å². The summed E-state index contributed by atoms with van der Waals surface area (Å²) in [5, 5.41) is 15.4. The highest BCUT2D eigenvalue weighted by molar-refractivity contribution is 6.38. The second-order valence-corrected chi connectivity index (χ2v) is 5.18. The lowest BCUT2D eigenvalue weighted by Crippen LogP contribution is -1.87. The average molecular weight is 336 g/mol. The van der Waals surface area contributed by atoms with Gasteiger partial charge in [0.2, 0.25) is 0 Å². The molecule has 0 N–H and O–H groups in total. The lowest BCUT2D eigenvalue weighted by atomic mass is 10.1. The van der Waals surface area contributed by atoms with Crippen LogP contribution in [-0.4, -0.2) is 15.1 Å². The topological polar surface area (TPSA) is 82.1 Å². The number of pyridine rings is 1. The highest BCUT2D eigenvalue weighted by Gasteiger charge is 2.16. The zero-order valence-corrected chi connectivity index (χ0v) is 12.4. The molecule has 110 valence electrons. The summed E-state index contributed by atoms with van der Waals surface area (Å²) in [5.74, 6) is 0.360. The minimum absolute atomic E-state index is 0.0259. The number of hydrogen-bond acceptors (Lipinski definition) is 5. The van der Waals surface area contributed by atoms with E-state index in [9.17, 15) is 10.1 Å². The smallest absolute Gasteiger partial charge is 0.270 e. The fourth-order valence-electron chi connectivity index (χ4n) is 1.95. The quantitative estimate of drug-likeness (QED) is 0.515. The van der Waals surface area contributed by atoms with Crippen LogP contribution in [0.1, 0.15) is 0 Å². The van der Waals surface area contributed by atoms with Crippen LogP contribution in [0.4, 0.5) is 5.69 Å². The summed E-state index contributed by atoms with van der Waals surface area (Å²) >= 11 is 12.1. The minimum Gasteiger partial charge on any atom is -0.356 e. The third kappa shape index (κ3) is 2.66. The number of nitrogens with zero attached hydrogens (tertiary/aromatic N) is 3. The molecule has 1 aromatic carbocycles. The van der Waals surface area contributed by atoms with Crippen molar-refractivity contribution in [2.45, 2.75) is 0 Å². The van der Waals surface area contributed by atoms with Crippen molar-refractivity contribution in [1.29, 1.82) is 0 Å². The maximum Gasteiger partial charge on any atom is 0.270 e. The summed E-state index contributed by atoms with van der Waals surface area (Å²) in [6, 6.07) is 7.71. The molecule has 6 nitrogen and oxygen atoms in total. The fourth-order valence-corrected chi connectivity index (χ4v) is 2.51. The number of benzene rings is 1. The summed E-state index contributed by atoms with van der Waals surface area (Å²) in [5.41, 5.74) is 1.46. The number of halogens is 2. The summed E-state index contributed by atoms with van der Waals surface area (Å²) in [6.45, 7) is 0. The number of non-ortho nitro benzene ring substituents is 1. The van der Waals surface area contributed by atoms with Crippen LogP contribution in [0, 0.1) is 10.1 Å². The largest absolute Gasteiger partial charge is 0.356 e. The molecule has 0 saturated heterocycles. The maximum atomic E-state index is 10.8. The highest BCUT2D eigenvalue weighted by Crippen LogP contribution is 2.35. The van der Waals surface area contributed by atoms with Crippen molar-refractivity contribution >= 4 is 28.9 Å². The first-order valence-corrected chi connectivity index (χ1v) is 6.83. The van der Waals surface area contributed by atoms with Crippen LogP contribution >= 0.6 is 23.2 Å². The van der Waals surface area contributed by atoms with Crippen molar-refractivity contribution in [3.8, 4) is 22.6 Å². The number of rotatable bonds is 3. The van der Waals surface area contributed by atoms with Crippen molar-refractivity contribution in [1.82, 2.24) is 10.1 Å². The van der Waals surface area contributed by atoms with Gasteiger partial charge in [-0.05, 0) is 0 Å². The molecule has 0 aliphatic rings. The number of nitro benzene ring substituents is 1. The van der Waals surface area contributed by atoms with Gasteiger partial charge in [0.05, 0.1) is 20.5 Å². The van der Waals surface area contributed by atoms with E-state index in [1.54, 1.807) is 18.2 Å². The molecule has 3 rings (SSSR count). The molecule has 22 heavy (non-hydrogen) atoms. The van der Waals surface area contributed by atoms with E-state index in [1.165, 1.54) is 24.5 Å². The average Bonchev–Trinajstić information content (AvgIpc) is 2.97. The van der Waals surface area contributed by atoms with Gasteiger partial charge in [0.1, 0.15) is 5.69 Å². The Morgan fingerprint density at radius 3 is 2.55 bits per heavy atom. The molecule has 2 heterocycles. The Balaban J connectivity index is 2.05. The molecule has 3 aromatic rings. The van der Waals surface area contributed by atoms with Crippen molar-refractivity contribution in [2.75, 3.05) is 0 Å². The molecule has 0 saturated carbocycles. The highest BCUT2D eigenvalue weighted by atomic mass is 35.5. The van der Waals surface area contributed by atoms with Crippen LogP contribution in [0.25, 0.3) is 22.6 Å². The molecule has 0 unspecified atom stereocenters. The van der Waals surface area contributed by atoms with Crippen molar-refractivity contribution in [3.63, 3.8) is 0 Å². The fraction of sp³-hybridized carbons (Fsp3) is 0. The molecule has 0 fully saturated rings. The first-order valence-electron chi connectivity index (χ1n) is 6.07. The molecular weight excluding hydrogens is 329 g/mol. The van der Waals surface area contributed by atoms with Gasteiger partial charge in [-0.15, -0.1) is 0 Å².